The molecular formula is C18H22BrNO3S. The van der Waals surface area contributed by atoms with Crippen LogP contribution in [0.1, 0.15) is 23.6 Å². The lowest BCUT2D eigenvalue weighted by Crippen LogP contribution is -2.32. The lowest BCUT2D eigenvalue weighted by Gasteiger charge is -2.27. The number of anilines is 1. The van der Waals surface area contributed by atoms with Crippen LogP contribution in [0.2, 0.25) is 0 Å². The van der Waals surface area contributed by atoms with Crippen molar-refractivity contribution in [3.8, 4) is 5.75 Å². The van der Waals surface area contributed by atoms with E-state index in [1.54, 1.807) is 25.3 Å². The van der Waals surface area contributed by atoms with E-state index in [1.165, 1.54) is 4.31 Å². The van der Waals surface area contributed by atoms with E-state index in [-0.39, 0.29) is 4.90 Å². The number of hydrogen-bond donors (Lipinski definition) is 0. The van der Waals surface area contributed by atoms with E-state index in [9.17, 15) is 8.42 Å². The molecule has 0 unspecified atom stereocenters. The van der Waals surface area contributed by atoms with Crippen LogP contribution in [0.15, 0.2) is 39.7 Å². The summed E-state index contributed by atoms with van der Waals surface area (Å²) in [7, 11) is -2.11. The standard InChI is InChI=1S/C18H22BrNO3S/c1-6-20(18-13(3)9-12(2)10-14(18)4)24(21,22)15-7-8-17(23-5)16(19)11-15/h7-11H,6H2,1-5H3. The first-order valence-electron chi connectivity index (χ1n) is 7.66. The zero-order chi connectivity index (χ0) is 18.1. The Bertz CT molecular complexity index is 840. The number of sulfonamides is 1. The minimum atomic E-state index is -3.66. The number of benzene rings is 2. The summed E-state index contributed by atoms with van der Waals surface area (Å²) in [6.07, 6.45) is 0. The van der Waals surface area contributed by atoms with Crippen molar-refractivity contribution in [3.05, 3.63) is 51.5 Å². The van der Waals surface area contributed by atoms with E-state index in [4.69, 9.17) is 4.74 Å². The van der Waals surface area contributed by atoms with Gasteiger partial charge in [0.2, 0.25) is 0 Å². The molecule has 0 aromatic heterocycles. The second-order valence-electron chi connectivity index (χ2n) is 5.71. The highest BCUT2D eigenvalue weighted by Gasteiger charge is 2.26. The van der Waals surface area contributed by atoms with Crippen LogP contribution in [0, 0.1) is 20.8 Å². The lowest BCUT2D eigenvalue weighted by atomic mass is 10.1. The highest BCUT2D eigenvalue weighted by atomic mass is 79.9. The van der Waals surface area contributed by atoms with E-state index >= 15 is 0 Å². The van der Waals surface area contributed by atoms with Crippen molar-refractivity contribution in [3.63, 3.8) is 0 Å². The molecule has 0 spiro atoms. The maximum absolute atomic E-state index is 13.2. The topological polar surface area (TPSA) is 46.6 Å². The first-order chi connectivity index (χ1) is 11.2. The molecule has 0 radical (unpaired) electrons. The monoisotopic (exact) mass is 411 g/mol. The molecule has 0 saturated carbocycles. The maximum Gasteiger partial charge on any atom is 0.264 e. The van der Waals surface area contributed by atoms with Gasteiger partial charge in [0.05, 0.1) is 22.2 Å². The molecule has 0 aliphatic carbocycles. The van der Waals surface area contributed by atoms with Crippen molar-refractivity contribution in [2.24, 2.45) is 0 Å². The molecule has 2 aromatic carbocycles. The summed E-state index contributed by atoms with van der Waals surface area (Å²) in [4.78, 5) is 0.233. The highest BCUT2D eigenvalue weighted by Crippen LogP contribution is 2.33. The summed E-state index contributed by atoms with van der Waals surface area (Å²) in [6.45, 7) is 8.09. The van der Waals surface area contributed by atoms with Crippen LogP contribution >= 0.6 is 15.9 Å². The molecule has 0 N–H and O–H groups in total. The number of aryl methyl sites for hydroxylation is 3. The third-order valence-electron chi connectivity index (χ3n) is 3.88. The highest BCUT2D eigenvalue weighted by molar-refractivity contribution is 9.10. The normalized spacial score (nSPS) is 11.4. The minimum absolute atomic E-state index is 0.233. The number of rotatable bonds is 5. The van der Waals surface area contributed by atoms with Gasteiger partial charge in [-0.25, -0.2) is 8.42 Å². The second kappa shape index (κ2) is 7.15. The van der Waals surface area contributed by atoms with Crippen LogP contribution in [-0.2, 0) is 10.0 Å². The Kier molecular flexibility index (Phi) is 5.60. The molecule has 2 rings (SSSR count). The molecule has 0 heterocycles. The third kappa shape index (κ3) is 3.44. The summed E-state index contributed by atoms with van der Waals surface area (Å²) >= 11 is 3.36. The molecule has 0 atom stereocenters. The fourth-order valence-corrected chi connectivity index (χ4v) is 5.27. The Labute approximate surface area is 152 Å². The Morgan fingerprint density at radius 1 is 1.08 bits per heavy atom. The van der Waals surface area contributed by atoms with Gasteiger partial charge in [0, 0.05) is 6.54 Å². The smallest absolute Gasteiger partial charge is 0.264 e. The van der Waals surface area contributed by atoms with Gasteiger partial charge in [0.15, 0.2) is 0 Å². The number of halogens is 1. The average Bonchev–Trinajstić information content (AvgIpc) is 2.50. The van der Waals surface area contributed by atoms with E-state index in [2.05, 4.69) is 15.9 Å². The van der Waals surface area contributed by atoms with Crippen LogP contribution in [0.5, 0.6) is 5.75 Å². The van der Waals surface area contributed by atoms with Crippen LogP contribution in [-0.4, -0.2) is 22.1 Å². The first kappa shape index (κ1) is 18.8. The fraction of sp³-hybridized carbons (Fsp3) is 0.333. The van der Waals surface area contributed by atoms with Crippen molar-refractivity contribution in [2.45, 2.75) is 32.6 Å². The molecule has 130 valence electrons. The molecule has 0 fully saturated rings. The molecule has 0 saturated heterocycles. The lowest BCUT2D eigenvalue weighted by molar-refractivity contribution is 0.411. The Balaban J connectivity index is 2.60. The Morgan fingerprint density at radius 2 is 1.67 bits per heavy atom. The van der Waals surface area contributed by atoms with Crippen molar-refractivity contribution >= 4 is 31.6 Å². The largest absolute Gasteiger partial charge is 0.496 e. The van der Waals surface area contributed by atoms with Crippen molar-refractivity contribution < 1.29 is 13.2 Å². The van der Waals surface area contributed by atoms with Gasteiger partial charge in [0.25, 0.3) is 10.0 Å². The zero-order valence-electron chi connectivity index (χ0n) is 14.6. The van der Waals surface area contributed by atoms with Gasteiger partial charge in [-0.3, -0.25) is 4.31 Å². The Hall–Kier alpha value is -1.53. The molecule has 2 aromatic rings. The summed E-state index contributed by atoms with van der Waals surface area (Å²) in [5, 5.41) is 0. The van der Waals surface area contributed by atoms with Crippen molar-refractivity contribution in [2.75, 3.05) is 18.0 Å². The summed E-state index contributed by atoms with van der Waals surface area (Å²) in [5.41, 5.74) is 3.76. The molecule has 0 aliphatic rings. The third-order valence-corrected chi connectivity index (χ3v) is 6.37. The van der Waals surface area contributed by atoms with Gasteiger partial charge in [-0.05, 0) is 73.0 Å². The van der Waals surface area contributed by atoms with Gasteiger partial charge in [-0.1, -0.05) is 17.7 Å². The number of ether oxygens (including phenoxy) is 1. The molecule has 6 heteroatoms. The van der Waals surface area contributed by atoms with Gasteiger partial charge >= 0.3 is 0 Å². The van der Waals surface area contributed by atoms with Gasteiger partial charge < -0.3 is 4.74 Å². The Morgan fingerprint density at radius 3 is 2.12 bits per heavy atom. The van der Waals surface area contributed by atoms with Crippen molar-refractivity contribution in [1.82, 2.24) is 0 Å². The maximum atomic E-state index is 13.2. The molecular weight excluding hydrogens is 390 g/mol. The number of hydrogen-bond acceptors (Lipinski definition) is 3. The van der Waals surface area contributed by atoms with Crippen LogP contribution in [0.3, 0.4) is 0 Å². The molecule has 0 amide bonds. The molecule has 0 bridgehead atoms. The second-order valence-corrected chi connectivity index (χ2v) is 8.43. The first-order valence-corrected chi connectivity index (χ1v) is 9.89. The predicted octanol–water partition coefficient (Wildman–Crippen LogP) is 4.60. The van der Waals surface area contributed by atoms with E-state index in [0.717, 1.165) is 22.4 Å². The van der Waals surface area contributed by atoms with E-state index in [0.29, 0.717) is 16.8 Å². The van der Waals surface area contributed by atoms with Crippen LogP contribution in [0.25, 0.3) is 0 Å². The summed E-state index contributed by atoms with van der Waals surface area (Å²) in [5.74, 6) is 0.597. The quantitative estimate of drug-likeness (QED) is 0.721. The average molecular weight is 412 g/mol. The van der Waals surface area contributed by atoms with E-state index in [1.807, 2.05) is 39.8 Å². The van der Waals surface area contributed by atoms with Crippen LogP contribution in [0.4, 0.5) is 5.69 Å². The number of methoxy groups -OCH3 is 1. The van der Waals surface area contributed by atoms with Gasteiger partial charge in [-0.15, -0.1) is 0 Å². The van der Waals surface area contributed by atoms with Crippen LogP contribution < -0.4 is 9.04 Å². The van der Waals surface area contributed by atoms with E-state index < -0.39 is 10.0 Å². The van der Waals surface area contributed by atoms with Gasteiger partial charge in [0.1, 0.15) is 5.75 Å². The molecule has 24 heavy (non-hydrogen) atoms. The molecule has 4 nitrogen and oxygen atoms in total. The zero-order valence-corrected chi connectivity index (χ0v) is 17.0. The fourth-order valence-electron chi connectivity index (χ4n) is 2.95. The molecule has 0 aliphatic heterocycles. The SMILES string of the molecule is CCN(c1c(C)cc(C)cc1C)S(=O)(=O)c1ccc(OC)c(Br)c1. The number of nitrogens with zero attached hydrogens (tertiary/aromatic N) is 1. The summed E-state index contributed by atoms with van der Waals surface area (Å²) < 4.78 is 33.6. The summed E-state index contributed by atoms with van der Waals surface area (Å²) in [6, 6.07) is 8.81. The predicted molar refractivity (Wildman–Crippen MR) is 102 cm³/mol. The van der Waals surface area contributed by atoms with Crippen molar-refractivity contribution in [1.29, 1.82) is 0 Å². The minimum Gasteiger partial charge on any atom is -0.496 e. The van der Waals surface area contributed by atoms with Gasteiger partial charge in [-0.2, -0.15) is 0 Å².